The molecule has 8 heteroatoms. The lowest BCUT2D eigenvalue weighted by molar-refractivity contribution is -0.142. The molecule has 0 aromatic heterocycles. The maximum absolute atomic E-state index is 13.0. The average molecular weight is 363 g/mol. The van der Waals surface area contributed by atoms with Gasteiger partial charge in [0.1, 0.15) is 17.6 Å². The first-order chi connectivity index (χ1) is 12.3. The summed E-state index contributed by atoms with van der Waals surface area (Å²) < 4.78 is 13.0. The van der Waals surface area contributed by atoms with E-state index in [-0.39, 0.29) is 42.7 Å². The third-order valence-electron chi connectivity index (χ3n) is 4.38. The highest BCUT2D eigenvalue weighted by Crippen LogP contribution is 2.15. The van der Waals surface area contributed by atoms with Crippen molar-refractivity contribution in [2.24, 2.45) is 11.0 Å². The first-order valence-corrected chi connectivity index (χ1v) is 8.47. The highest BCUT2D eigenvalue weighted by Gasteiger charge is 2.30. The molecule has 26 heavy (non-hydrogen) atoms. The first-order valence-electron chi connectivity index (χ1n) is 8.47. The van der Waals surface area contributed by atoms with E-state index in [9.17, 15) is 23.9 Å². The second-order valence-electron chi connectivity index (χ2n) is 6.30. The largest absolute Gasteiger partial charge is 0.480 e. The Morgan fingerprint density at radius 1 is 1.31 bits per heavy atom. The predicted octanol–water partition coefficient (Wildman–Crippen LogP) is 1.92. The minimum absolute atomic E-state index is 0.106. The molecule has 1 aliphatic rings. The molecule has 0 fully saturated rings. The second-order valence-corrected chi connectivity index (χ2v) is 6.30. The van der Waals surface area contributed by atoms with E-state index in [1.54, 1.807) is 6.92 Å². The van der Waals surface area contributed by atoms with Gasteiger partial charge in [-0.2, -0.15) is 5.10 Å². The molecule has 1 aromatic rings. The number of carbonyl (C=O) groups is 3. The number of carbonyl (C=O) groups excluding carboxylic acids is 2. The number of benzene rings is 1. The summed E-state index contributed by atoms with van der Waals surface area (Å²) in [5.74, 6) is -2.56. The molecule has 1 aliphatic heterocycles. The average Bonchev–Trinajstić information content (AvgIpc) is 2.62. The number of nitrogens with one attached hydrogen (secondary N) is 1. The predicted molar refractivity (Wildman–Crippen MR) is 92.6 cm³/mol. The lowest BCUT2D eigenvalue weighted by Crippen LogP contribution is -2.48. The van der Waals surface area contributed by atoms with Crippen LogP contribution in [0, 0.1) is 11.7 Å². The molecule has 0 spiro atoms. The van der Waals surface area contributed by atoms with Crippen LogP contribution in [0.2, 0.25) is 0 Å². The Balaban J connectivity index is 2.12. The summed E-state index contributed by atoms with van der Waals surface area (Å²) in [5, 5.41) is 17.0. The fourth-order valence-electron chi connectivity index (χ4n) is 2.56. The number of carboxylic acid groups (broad SMARTS) is 1. The van der Waals surface area contributed by atoms with Crippen molar-refractivity contribution in [2.45, 2.75) is 45.7 Å². The number of aliphatic carboxylic acids is 1. The van der Waals surface area contributed by atoms with E-state index >= 15 is 0 Å². The molecular weight excluding hydrogens is 341 g/mol. The molecule has 2 atom stereocenters. The molecule has 2 rings (SSSR count). The van der Waals surface area contributed by atoms with Gasteiger partial charge in [0, 0.05) is 12.8 Å². The fraction of sp³-hybridized carbons (Fsp3) is 0.444. The van der Waals surface area contributed by atoms with Gasteiger partial charge in [-0.05, 0) is 23.6 Å². The number of hydrazone groups is 1. The van der Waals surface area contributed by atoms with Gasteiger partial charge >= 0.3 is 5.97 Å². The molecule has 7 nitrogen and oxygen atoms in total. The van der Waals surface area contributed by atoms with Crippen LogP contribution in [0.1, 0.15) is 38.7 Å². The van der Waals surface area contributed by atoms with E-state index in [2.05, 4.69) is 10.4 Å². The summed E-state index contributed by atoms with van der Waals surface area (Å²) >= 11 is 0. The fourth-order valence-corrected chi connectivity index (χ4v) is 2.56. The van der Waals surface area contributed by atoms with Crippen LogP contribution in [0.15, 0.2) is 29.4 Å². The van der Waals surface area contributed by atoms with Crippen molar-refractivity contribution in [3.63, 3.8) is 0 Å². The number of halogens is 1. The smallest absolute Gasteiger partial charge is 0.326 e. The van der Waals surface area contributed by atoms with E-state index in [0.29, 0.717) is 12.0 Å². The third-order valence-corrected chi connectivity index (χ3v) is 4.38. The number of carboxylic acids is 1. The number of amides is 2. The Labute approximate surface area is 150 Å². The summed E-state index contributed by atoms with van der Waals surface area (Å²) in [5.41, 5.74) is 0.787. The summed E-state index contributed by atoms with van der Waals surface area (Å²) in [7, 11) is 0. The molecule has 0 unspecified atom stereocenters. The van der Waals surface area contributed by atoms with Crippen molar-refractivity contribution >= 4 is 23.5 Å². The lowest BCUT2D eigenvalue weighted by atomic mass is 9.99. The Morgan fingerprint density at radius 2 is 1.96 bits per heavy atom. The van der Waals surface area contributed by atoms with Gasteiger partial charge in [-0.15, -0.1) is 0 Å². The van der Waals surface area contributed by atoms with Crippen LogP contribution in [-0.2, 0) is 20.9 Å². The number of hydrogen-bond donors (Lipinski definition) is 2. The van der Waals surface area contributed by atoms with Crippen LogP contribution in [-0.4, -0.2) is 39.7 Å². The topological polar surface area (TPSA) is 99.1 Å². The van der Waals surface area contributed by atoms with Gasteiger partial charge in [-0.1, -0.05) is 32.4 Å². The third kappa shape index (κ3) is 4.87. The van der Waals surface area contributed by atoms with Gasteiger partial charge in [0.15, 0.2) is 0 Å². The molecule has 0 radical (unpaired) electrons. The lowest BCUT2D eigenvalue weighted by Gasteiger charge is -2.25. The van der Waals surface area contributed by atoms with Gasteiger partial charge in [-0.25, -0.2) is 14.2 Å². The molecular formula is C18H22FN3O4. The monoisotopic (exact) mass is 363 g/mol. The Bertz CT molecular complexity index is 718. The van der Waals surface area contributed by atoms with Gasteiger partial charge in [-0.3, -0.25) is 9.59 Å². The van der Waals surface area contributed by atoms with Crippen molar-refractivity contribution < 1.29 is 23.9 Å². The maximum Gasteiger partial charge on any atom is 0.326 e. The van der Waals surface area contributed by atoms with Crippen LogP contribution in [0.25, 0.3) is 0 Å². The van der Waals surface area contributed by atoms with Crippen LogP contribution in [0.3, 0.4) is 0 Å². The highest BCUT2D eigenvalue weighted by molar-refractivity contribution is 6.39. The minimum Gasteiger partial charge on any atom is -0.480 e. The van der Waals surface area contributed by atoms with E-state index in [4.69, 9.17) is 0 Å². The van der Waals surface area contributed by atoms with Crippen LogP contribution < -0.4 is 5.32 Å². The highest BCUT2D eigenvalue weighted by atomic mass is 19.1. The van der Waals surface area contributed by atoms with E-state index < -0.39 is 17.9 Å². The molecule has 0 bridgehead atoms. The van der Waals surface area contributed by atoms with Crippen molar-refractivity contribution in [3.05, 3.63) is 35.6 Å². The number of nitrogens with zero attached hydrogens (tertiary/aromatic N) is 2. The number of rotatable bonds is 7. The molecule has 2 amide bonds. The zero-order chi connectivity index (χ0) is 19.3. The van der Waals surface area contributed by atoms with Crippen LogP contribution in [0.5, 0.6) is 0 Å². The van der Waals surface area contributed by atoms with E-state index in [0.717, 1.165) is 5.01 Å². The Morgan fingerprint density at radius 3 is 2.54 bits per heavy atom. The molecule has 1 aromatic carbocycles. The normalized spacial score (nSPS) is 16.7. The second kappa shape index (κ2) is 8.55. The first kappa shape index (κ1) is 19.6. The molecule has 1 heterocycles. The quantitative estimate of drug-likeness (QED) is 0.773. The standard InChI is InChI=1S/C18H22FN3O4/c1-3-11(2)16(18(25)26)20-17(24)14-8-9-15(23)22(21-14)10-12-4-6-13(19)7-5-12/h4-7,11,16H,3,8-10H2,1-2H3,(H,20,24)(H,25,26)/t11-,16-/m0/s1. The van der Waals surface area contributed by atoms with Gasteiger partial charge < -0.3 is 10.4 Å². The summed E-state index contributed by atoms with van der Waals surface area (Å²) in [6.07, 6.45) is 0.852. The molecule has 0 saturated carbocycles. The van der Waals surface area contributed by atoms with Crippen molar-refractivity contribution in [1.29, 1.82) is 0 Å². The molecule has 2 N–H and O–H groups in total. The summed E-state index contributed by atoms with van der Waals surface area (Å²) in [6, 6.07) is 4.62. The zero-order valence-electron chi connectivity index (χ0n) is 14.7. The maximum atomic E-state index is 13.0. The van der Waals surface area contributed by atoms with Crippen molar-refractivity contribution in [2.75, 3.05) is 0 Å². The SMILES string of the molecule is CC[C@H](C)[C@H](NC(=O)C1=NN(Cc2ccc(F)cc2)C(=O)CC1)C(=O)O. The van der Waals surface area contributed by atoms with Gasteiger partial charge in [0.2, 0.25) is 5.91 Å². The minimum atomic E-state index is -1.11. The van der Waals surface area contributed by atoms with Crippen molar-refractivity contribution in [3.8, 4) is 0 Å². The van der Waals surface area contributed by atoms with E-state index in [1.807, 2.05) is 6.92 Å². The van der Waals surface area contributed by atoms with Crippen molar-refractivity contribution in [1.82, 2.24) is 10.3 Å². The Kier molecular flexibility index (Phi) is 6.43. The van der Waals surface area contributed by atoms with Crippen LogP contribution in [0.4, 0.5) is 4.39 Å². The van der Waals surface area contributed by atoms with E-state index in [1.165, 1.54) is 24.3 Å². The number of hydrogen-bond acceptors (Lipinski definition) is 4. The zero-order valence-corrected chi connectivity index (χ0v) is 14.7. The molecule has 0 aliphatic carbocycles. The van der Waals surface area contributed by atoms with Gasteiger partial charge in [0.25, 0.3) is 5.91 Å². The molecule has 0 saturated heterocycles. The Hall–Kier alpha value is -2.77. The molecule has 140 valence electrons. The van der Waals surface area contributed by atoms with Crippen LogP contribution >= 0.6 is 0 Å². The summed E-state index contributed by atoms with van der Waals surface area (Å²) in [4.78, 5) is 35.8. The summed E-state index contributed by atoms with van der Waals surface area (Å²) in [6.45, 7) is 3.70. The van der Waals surface area contributed by atoms with Gasteiger partial charge in [0.05, 0.1) is 6.54 Å².